The maximum absolute atomic E-state index is 12.9. The molecule has 0 spiro atoms. The molecule has 0 saturated heterocycles. The summed E-state index contributed by atoms with van der Waals surface area (Å²) in [6.07, 6.45) is -4.44. The molecule has 2 rings (SSSR count). The Labute approximate surface area is 102 Å². The molecule has 0 aliphatic heterocycles. The summed E-state index contributed by atoms with van der Waals surface area (Å²) in [5, 5.41) is 0. The minimum absolute atomic E-state index is 0.000556. The highest BCUT2D eigenvalue weighted by atomic mass is 19.4. The molecule has 0 amide bonds. The second kappa shape index (κ2) is 4.25. The highest BCUT2D eigenvalue weighted by Gasteiger charge is 2.33. The smallest absolute Gasteiger partial charge is 0.399 e. The largest absolute Gasteiger partial charge is 0.417 e. The van der Waals surface area contributed by atoms with E-state index in [2.05, 4.69) is 0 Å². The third-order valence-corrected chi connectivity index (χ3v) is 2.60. The molecule has 2 aromatic carbocycles. The number of benzene rings is 2. The first-order valence-corrected chi connectivity index (χ1v) is 5.21. The molecule has 0 bridgehead atoms. The van der Waals surface area contributed by atoms with Gasteiger partial charge in [-0.3, -0.25) is 0 Å². The maximum atomic E-state index is 12.9. The molecule has 18 heavy (non-hydrogen) atoms. The number of hydrogen-bond donors (Lipinski definition) is 2. The van der Waals surface area contributed by atoms with Gasteiger partial charge in [0.05, 0.1) is 5.56 Å². The fourth-order valence-electron chi connectivity index (χ4n) is 1.77. The molecule has 0 saturated carbocycles. The van der Waals surface area contributed by atoms with Crippen LogP contribution in [-0.4, -0.2) is 0 Å². The van der Waals surface area contributed by atoms with E-state index in [1.54, 1.807) is 24.3 Å². The number of hydrogen-bond acceptors (Lipinski definition) is 2. The van der Waals surface area contributed by atoms with Gasteiger partial charge < -0.3 is 11.5 Å². The van der Waals surface area contributed by atoms with Crippen molar-refractivity contribution < 1.29 is 13.2 Å². The van der Waals surface area contributed by atoms with Crippen molar-refractivity contribution in [1.29, 1.82) is 0 Å². The number of alkyl halides is 3. The second-order valence-corrected chi connectivity index (χ2v) is 3.89. The Morgan fingerprint density at radius 1 is 0.833 bits per heavy atom. The van der Waals surface area contributed by atoms with Crippen LogP contribution in [0, 0.1) is 0 Å². The summed E-state index contributed by atoms with van der Waals surface area (Å²) in [6.45, 7) is 0. The Kier molecular flexibility index (Phi) is 2.90. The number of para-hydroxylation sites is 1. The van der Waals surface area contributed by atoms with Gasteiger partial charge in [-0.05, 0) is 29.8 Å². The van der Waals surface area contributed by atoms with Gasteiger partial charge in [-0.1, -0.05) is 18.2 Å². The van der Waals surface area contributed by atoms with Gasteiger partial charge in [-0.2, -0.15) is 13.2 Å². The molecular formula is C13H11F3N2. The Hall–Kier alpha value is -2.17. The van der Waals surface area contributed by atoms with Crippen molar-refractivity contribution in [2.75, 3.05) is 11.5 Å². The standard InChI is InChI=1S/C13H11F3N2/c14-13(15,16)11-6-5-8(17)7-10(11)9-3-1-2-4-12(9)18/h1-7H,17-18H2. The first kappa shape index (κ1) is 12.3. The van der Waals surface area contributed by atoms with Gasteiger partial charge in [0.2, 0.25) is 0 Å². The van der Waals surface area contributed by atoms with Gasteiger partial charge >= 0.3 is 6.18 Å². The maximum Gasteiger partial charge on any atom is 0.417 e. The Morgan fingerprint density at radius 3 is 2.11 bits per heavy atom. The molecule has 5 heteroatoms. The van der Waals surface area contributed by atoms with Crippen LogP contribution in [0.4, 0.5) is 24.5 Å². The van der Waals surface area contributed by atoms with E-state index in [-0.39, 0.29) is 16.9 Å². The quantitative estimate of drug-likeness (QED) is 0.763. The molecule has 0 radical (unpaired) electrons. The first-order chi connectivity index (χ1) is 8.39. The molecule has 2 aromatic rings. The lowest BCUT2D eigenvalue weighted by Crippen LogP contribution is -2.08. The van der Waals surface area contributed by atoms with E-state index < -0.39 is 11.7 Å². The van der Waals surface area contributed by atoms with Crippen molar-refractivity contribution in [3.63, 3.8) is 0 Å². The fourth-order valence-corrected chi connectivity index (χ4v) is 1.77. The van der Waals surface area contributed by atoms with Gasteiger partial charge in [0, 0.05) is 16.9 Å². The number of nitrogen functional groups attached to an aromatic ring is 2. The van der Waals surface area contributed by atoms with Gasteiger partial charge in [-0.15, -0.1) is 0 Å². The van der Waals surface area contributed by atoms with Crippen LogP contribution >= 0.6 is 0 Å². The summed E-state index contributed by atoms with van der Waals surface area (Å²) in [5.74, 6) is 0. The number of anilines is 2. The zero-order chi connectivity index (χ0) is 13.3. The van der Waals surface area contributed by atoms with Crippen LogP contribution in [-0.2, 0) is 6.18 Å². The third kappa shape index (κ3) is 2.25. The van der Waals surface area contributed by atoms with Crippen molar-refractivity contribution in [1.82, 2.24) is 0 Å². The van der Waals surface area contributed by atoms with Crippen molar-refractivity contribution in [3.8, 4) is 11.1 Å². The fraction of sp³-hybridized carbons (Fsp3) is 0.0769. The summed E-state index contributed by atoms with van der Waals surface area (Å²) in [4.78, 5) is 0. The molecule has 94 valence electrons. The zero-order valence-electron chi connectivity index (χ0n) is 9.33. The minimum Gasteiger partial charge on any atom is -0.399 e. The highest BCUT2D eigenvalue weighted by Crippen LogP contribution is 2.39. The van der Waals surface area contributed by atoms with Crippen LogP contribution in [0.5, 0.6) is 0 Å². The van der Waals surface area contributed by atoms with Crippen molar-refractivity contribution in [2.24, 2.45) is 0 Å². The van der Waals surface area contributed by atoms with Crippen LogP contribution in [0.3, 0.4) is 0 Å². The highest BCUT2D eigenvalue weighted by molar-refractivity contribution is 5.80. The summed E-state index contributed by atoms with van der Waals surface area (Å²) < 4.78 is 38.7. The van der Waals surface area contributed by atoms with E-state index in [4.69, 9.17) is 11.5 Å². The average molecular weight is 252 g/mol. The molecule has 0 unspecified atom stereocenters. The topological polar surface area (TPSA) is 52.0 Å². The summed E-state index contributed by atoms with van der Waals surface area (Å²) in [7, 11) is 0. The van der Waals surface area contributed by atoms with Crippen molar-refractivity contribution in [2.45, 2.75) is 6.18 Å². The molecule has 0 atom stereocenters. The van der Waals surface area contributed by atoms with E-state index >= 15 is 0 Å². The molecule has 0 fully saturated rings. The van der Waals surface area contributed by atoms with E-state index in [0.717, 1.165) is 6.07 Å². The normalized spacial score (nSPS) is 11.5. The lowest BCUT2D eigenvalue weighted by atomic mass is 9.97. The summed E-state index contributed by atoms with van der Waals surface area (Å²) in [5.41, 5.74) is 11.4. The van der Waals surface area contributed by atoms with Gasteiger partial charge in [0.15, 0.2) is 0 Å². The van der Waals surface area contributed by atoms with Gasteiger partial charge in [-0.25, -0.2) is 0 Å². The second-order valence-electron chi connectivity index (χ2n) is 3.89. The number of nitrogens with two attached hydrogens (primary N) is 2. The van der Waals surface area contributed by atoms with Crippen LogP contribution in [0.25, 0.3) is 11.1 Å². The lowest BCUT2D eigenvalue weighted by Gasteiger charge is -2.15. The van der Waals surface area contributed by atoms with E-state index in [0.29, 0.717) is 5.56 Å². The molecule has 0 aromatic heterocycles. The molecular weight excluding hydrogens is 241 g/mol. The minimum atomic E-state index is -4.44. The van der Waals surface area contributed by atoms with Crippen molar-refractivity contribution >= 4 is 11.4 Å². The Morgan fingerprint density at radius 2 is 1.50 bits per heavy atom. The van der Waals surface area contributed by atoms with E-state index in [1.807, 2.05) is 0 Å². The SMILES string of the molecule is Nc1ccc(C(F)(F)F)c(-c2ccccc2N)c1. The van der Waals surface area contributed by atoms with Crippen molar-refractivity contribution in [3.05, 3.63) is 48.0 Å². The zero-order valence-corrected chi connectivity index (χ0v) is 9.33. The molecule has 2 nitrogen and oxygen atoms in total. The monoisotopic (exact) mass is 252 g/mol. The predicted octanol–water partition coefficient (Wildman–Crippen LogP) is 3.54. The van der Waals surface area contributed by atoms with E-state index in [1.165, 1.54) is 12.1 Å². The van der Waals surface area contributed by atoms with Gasteiger partial charge in [0.1, 0.15) is 0 Å². The summed E-state index contributed by atoms with van der Waals surface area (Å²) >= 11 is 0. The van der Waals surface area contributed by atoms with Crippen LogP contribution < -0.4 is 11.5 Å². The van der Waals surface area contributed by atoms with Crippen LogP contribution in [0.15, 0.2) is 42.5 Å². The third-order valence-electron chi connectivity index (χ3n) is 2.60. The predicted molar refractivity (Wildman–Crippen MR) is 65.7 cm³/mol. The average Bonchev–Trinajstić information content (AvgIpc) is 2.27. The van der Waals surface area contributed by atoms with Crippen LogP contribution in [0.2, 0.25) is 0 Å². The van der Waals surface area contributed by atoms with Gasteiger partial charge in [0.25, 0.3) is 0 Å². The molecule has 0 aliphatic carbocycles. The first-order valence-electron chi connectivity index (χ1n) is 5.21. The molecule has 0 aliphatic rings. The van der Waals surface area contributed by atoms with Crippen LogP contribution in [0.1, 0.15) is 5.56 Å². The Balaban J connectivity index is 2.70. The lowest BCUT2D eigenvalue weighted by molar-refractivity contribution is -0.137. The summed E-state index contributed by atoms with van der Waals surface area (Å²) in [6, 6.07) is 9.88. The Bertz CT molecular complexity index is 577. The number of rotatable bonds is 1. The molecule has 0 heterocycles. The molecule has 4 N–H and O–H groups in total. The number of halogens is 3. The van der Waals surface area contributed by atoms with E-state index in [9.17, 15) is 13.2 Å².